The average molecular weight is 391 g/mol. The molecule has 4 rings (SSSR count). The van der Waals surface area contributed by atoms with Crippen molar-refractivity contribution in [1.82, 2.24) is 14.9 Å². The molecular formula is C19H16F3N3OS. The highest BCUT2D eigenvalue weighted by molar-refractivity contribution is 7.08. The summed E-state index contributed by atoms with van der Waals surface area (Å²) in [6, 6.07) is 6.71. The van der Waals surface area contributed by atoms with Gasteiger partial charge in [-0.05, 0) is 36.4 Å². The van der Waals surface area contributed by atoms with Crippen LogP contribution in [0.1, 0.15) is 40.6 Å². The van der Waals surface area contributed by atoms with Crippen molar-refractivity contribution in [2.75, 3.05) is 6.54 Å². The lowest BCUT2D eigenvalue weighted by Gasteiger charge is -2.22. The van der Waals surface area contributed by atoms with E-state index in [0.717, 1.165) is 25.0 Å². The third-order valence-electron chi connectivity index (χ3n) is 4.69. The number of likely N-dealkylation sites (tertiary alicyclic amines) is 1. The molecule has 0 bridgehead atoms. The minimum atomic E-state index is -4.39. The summed E-state index contributed by atoms with van der Waals surface area (Å²) in [5, 5.41) is 3.67. The minimum absolute atomic E-state index is 0.0456. The molecule has 1 aromatic carbocycles. The SMILES string of the molecule is O=C(c1ccsc1)N1CCCC1c1ncc(-c2cccc(C(F)(F)F)c2)[nH]1. The van der Waals surface area contributed by atoms with Gasteiger partial charge in [0.25, 0.3) is 5.91 Å². The number of H-pyrrole nitrogens is 1. The number of halogens is 3. The number of rotatable bonds is 3. The summed E-state index contributed by atoms with van der Waals surface area (Å²) in [4.78, 5) is 21.9. The van der Waals surface area contributed by atoms with Crippen LogP contribution in [-0.4, -0.2) is 27.3 Å². The van der Waals surface area contributed by atoms with E-state index in [9.17, 15) is 18.0 Å². The lowest BCUT2D eigenvalue weighted by Crippen LogP contribution is -2.30. The molecule has 1 amide bonds. The van der Waals surface area contributed by atoms with Gasteiger partial charge in [0.1, 0.15) is 5.82 Å². The number of nitrogens with one attached hydrogen (secondary N) is 1. The van der Waals surface area contributed by atoms with Gasteiger partial charge in [-0.2, -0.15) is 24.5 Å². The van der Waals surface area contributed by atoms with E-state index in [1.165, 1.54) is 23.6 Å². The van der Waals surface area contributed by atoms with Gasteiger partial charge in [-0.1, -0.05) is 12.1 Å². The summed E-state index contributed by atoms with van der Waals surface area (Å²) in [7, 11) is 0. The maximum absolute atomic E-state index is 12.9. The first-order valence-corrected chi connectivity index (χ1v) is 9.43. The number of aromatic nitrogens is 2. The third-order valence-corrected chi connectivity index (χ3v) is 5.38. The van der Waals surface area contributed by atoms with E-state index in [2.05, 4.69) is 9.97 Å². The second kappa shape index (κ2) is 6.84. The van der Waals surface area contributed by atoms with E-state index < -0.39 is 11.7 Å². The van der Waals surface area contributed by atoms with Crippen molar-refractivity contribution in [1.29, 1.82) is 0 Å². The van der Waals surface area contributed by atoms with Gasteiger partial charge in [0, 0.05) is 17.5 Å². The summed E-state index contributed by atoms with van der Waals surface area (Å²) in [6.07, 6.45) is -1.24. The topological polar surface area (TPSA) is 49.0 Å². The van der Waals surface area contributed by atoms with Crippen molar-refractivity contribution in [2.24, 2.45) is 0 Å². The van der Waals surface area contributed by atoms with E-state index in [0.29, 0.717) is 29.2 Å². The van der Waals surface area contributed by atoms with Crippen molar-refractivity contribution in [3.63, 3.8) is 0 Å². The van der Waals surface area contributed by atoms with Gasteiger partial charge in [0.05, 0.1) is 29.1 Å². The Morgan fingerprint density at radius 1 is 1.30 bits per heavy atom. The molecule has 8 heteroatoms. The highest BCUT2D eigenvalue weighted by Gasteiger charge is 2.33. The maximum atomic E-state index is 12.9. The van der Waals surface area contributed by atoms with Crippen LogP contribution in [0.15, 0.2) is 47.3 Å². The molecule has 1 saturated heterocycles. The summed E-state index contributed by atoms with van der Waals surface area (Å²) in [6.45, 7) is 0.638. The fourth-order valence-corrected chi connectivity index (χ4v) is 3.99. The molecule has 2 aromatic heterocycles. The van der Waals surface area contributed by atoms with Crippen molar-refractivity contribution in [3.05, 3.63) is 64.2 Å². The van der Waals surface area contributed by atoms with Gasteiger partial charge in [0.15, 0.2) is 0 Å². The van der Waals surface area contributed by atoms with Crippen LogP contribution < -0.4 is 0 Å². The van der Waals surface area contributed by atoms with Crippen LogP contribution in [-0.2, 0) is 6.18 Å². The van der Waals surface area contributed by atoms with Gasteiger partial charge >= 0.3 is 6.18 Å². The molecule has 0 saturated carbocycles. The molecule has 3 heterocycles. The van der Waals surface area contributed by atoms with Crippen LogP contribution in [0.4, 0.5) is 13.2 Å². The van der Waals surface area contributed by atoms with Gasteiger partial charge in [-0.25, -0.2) is 4.98 Å². The number of alkyl halides is 3. The Morgan fingerprint density at radius 2 is 2.15 bits per heavy atom. The lowest BCUT2D eigenvalue weighted by molar-refractivity contribution is -0.137. The molecule has 4 nitrogen and oxygen atoms in total. The molecule has 0 radical (unpaired) electrons. The largest absolute Gasteiger partial charge is 0.416 e. The smallest absolute Gasteiger partial charge is 0.340 e. The number of imidazole rings is 1. The van der Waals surface area contributed by atoms with Crippen molar-refractivity contribution < 1.29 is 18.0 Å². The van der Waals surface area contributed by atoms with Crippen LogP contribution in [0.5, 0.6) is 0 Å². The van der Waals surface area contributed by atoms with E-state index in [1.54, 1.807) is 17.0 Å². The maximum Gasteiger partial charge on any atom is 0.416 e. The molecule has 1 fully saturated rings. The van der Waals surface area contributed by atoms with Crippen molar-refractivity contribution >= 4 is 17.2 Å². The normalized spacial score (nSPS) is 17.4. The number of benzene rings is 1. The summed E-state index contributed by atoms with van der Waals surface area (Å²) in [5.41, 5.74) is 0.867. The zero-order valence-electron chi connectivity index (χ0n) is 14.2. The predicted molar refractivity (Wildman–Crippen MR) is 96.4 cm³/mol. The van der Waals surface area contributed by atoms with Crippen LogP contribution >= 0.6 is 11.3 Å². The van der Waals surface area contributed by atoms with Crippen LogP contribution in [0.25, 0.3) is 11.3 Å². The Hall–Kier alpha value is -2.61. The summed E-state index contributed by atoms with van der Waals surface area (Å²) < 4.78 is 38.8. The first kappa shape index (κ1) is 17.8. The molecule has 140 valence electrons. The first-order valence-electron chi connectivity index (χ1n) is 8.49. The molecule has 3 aromatic rings. The second-order valence-corrected chi connectivity index (χ2v) is 7.21. The van der Waals surface area contributed by atoms with Gasteiger partial charge in [-0.15, -0.1) is 0 Å². The van der Waals surface area contributed by atoms with E-state index >= 15 is 0 Å². The molecule has 1 aliphatic rings. The number of hydrogen-bond donors (Lipinski definition) is 1. The fraction of sp³-hybridized carbons (Fsp3) is 0.263. The Balaban J connectivity index is 1.60. The number of aromatic amines is 1. The third kappa shape index (κ3) is 3.49. The number of hydrogen-bond acceptors (Lipinski definition) is 3. The van der Waals surface area contributed by atoms with E-state index in [1.807, 2.05) is 10.8 Å². The Bertz CT molecular complexity index is 949. The number of carbonyl (C=O) groups excluding carboxylic acids is 1. The minimum Gasteiger partial charge on any atom is -0.340 e. The molecule has 1 unspecified atom stereocenters. The lowest BCUT2D eigenvalue weighted by atomic mass is 10.1. The molecule has 1 aliphatic heterocycles. The zero-order valence-corrected chi connectivity index (χ0v) is 15.0. The summed E-state index contributed by atoms with van der Waals surface area (Å²) in [5.74, 6) is 0.555. The standard InChI is InChI=1S/C19H16F3N3OS/c20-19(21,22)14-4-1-3-12(9-14)15-10-23-17(24-15)16-5-2-7-25(16)18(26)13-6-8-27-11-13/h1,3-4,6,8-11,16H,2,5,7H2,(H,23,24). The number of carbonyl (C=O) groups is 1. The van der Waals surface area contributed by atoms with Crippen molar-refractivity contribution in [2.45, 2.75) is 25.1 Å². The van der Waals surface area contributed by atoms with Gasteiger partial charge < -0.3 is 9.88 Å². The quantitative estimate of drug-likeness (QED) is 0.673. The average Bonchev–Trinajstić information content (AvgIpc) is 3.41. The van der Waals surface area contributed by atoms with Crippen LogP contribution in [0.2, 0.25) is 0 Å². The second-order valence-electron chi connectivity index (χ2n) is 6.43. The van der Waals surface area contributed by atoms with Gasteiger partial charge in [0.2, 0.25) is 0 Å². The Labute approximate surface area is 157 Å². The van der Waals surface area contributed by atoms with Gasteiger partial charge in [-0.3, -0.25) is 4.79 Å². The fourth-order valence-electron chi connectivity index (χ4n) is 3.36. The van der Waals surface area contributed by atoms with E-state index in [4.69, 9.17) is 0 Å². The number of amides is 1. The highest BCUT2D eigenvalue weighted by atomic mass is 32.1. The molecular weight excluding hydrogens is 375 g/mol. The predicted octanol–water partition coefficient (Wildman–Crippen LogP) is 5.13. The van der Waals surface area contributed by atoms with Crippen molar-refractivity contribution in [3.8, 4) is 11.3 Å². The number of thiophene rings is 1. The summed E-state index contributed by atoms with van der Waals surface area (Å²) >= 11 is 1.47. The zero-order chi connectivity index (χ0) is 19.0. The highest BCUT2D eigenvalue weighted by Crippen LogP contribution is 2.34. The molecule has 1 N–H and O–H groups in total. The first-order chi connectivity index (χ1) is 12.9. The Morgan fingerprint density at radius 3 is 2.89 bits per heavy atom. The molecule has 27 heavy (non-hydrogen) atoms. The Kier molecular flexibility index (Phi) is 4.51. The van der Waals surface area contributed by atoms with Crippen LogP contribution in [0, 0.1) is 0 Å². The van der Waals surface area contributed by atoms with Crippen LogP contribution in [0.3, 0.4) is 0 Å². The number of nitrogens with zero attached hydrogens (tertiary/aromatic N) is 2. The van der Waals surface area contributed by atoms with E-state index in [-0.39, 0.29) is 11.9 Å². The molecule has 1 atom stereocenters. The molecule has 0 spiro atoms. The monoisotopic (exact) mass is 391 g/mol. The molecule has 0 aliphatic carbocycles.